The molecular formula is C14H27N3OS. The third kappa shape index (κ3) is 5.45. The lowest BCUT2D eigenvalue weighted by molar-refractivity contribution is 0.147. The standard InChI is InChI=1S/C14H27N3OS/c1-5-13(11-19-4)17-10-12(3)16-14(17)15-8-7-9-18-6-2/h10,13H,5-9,11H2,1-4H3,(H,15,16). The Labute approximate surface area is 121 Å². The third-order valence-electron chi connectivity index (χ3n) is 3.03. The van der Waals surface area contributed by atoms with Crippen molar-refractivity contribution in [3.05, 3.63) is 11.9 Å². The second-order valence-electron chi connectivity index (χ2n) is 4.61. The van der Waals surface area contributed by atoms with Crippen LogP contribution in [-0.2, 0) is 4.74 Å². The first-order valence-electron chi connectivity index (χ1n) is 7.08. The van der Waals surface area contributed by atoms with Crippen molar-refractivity contribution in [3.8, 4) is 0 Å². The maximum atomic E-state index is 5.34. The zero-order valence-corrected chi connectivity index (χ0v) is 13.4. The highest BCUT2D eigenvalue weighted by Gasteiger charge is 2.13. The van der Waals surface area contributed by atoms with Crippen LogP contribution in [-0.4, -0.2) is 41.3 Å². The molecule has 1 unspecified atom stereocenters. The fourth-order valence-corrected chi connectivity index (χ4v) is 2.81. The Balaban J connectivity index is 2.56. The smallest absolute Gasteiger partial charge is 0.203 e. The minimum Gasteiger partial charge on any atom is -0.382 e. The lowest BCUT2D eigenvalue weighted by atomic mass is 10.2. The molecule has 0 aromatic carbocycles. The second-order valence-corrected chi connectivity index (χ2v) is 5.52. The Hall–Kier alpha value is -0.680. The van der Waals surface area contributed by atoms with Gasteiger partial charge in [-0.15, -0.1) is 0 Å². The van der Waals surface area contributed by atoms with Crippen molar-refractivity contribution in [3.63, 3.8) is 0 Å². The van der Waals surface area contributed by atoms with E-state index in [4.69, 9.17) is 4.74 Å². The van der Waals surface area contributed by atoms with Crippen LogP contribution in [0.15, 0.2) is 6.20 Å². The van der Waals surface area contributed by atoms with Gasteiger partial charge in [0.2, 0.25) is 5.95 Å². The summed E-state index contributed by atoms with van der Waals surface area (Å²) in [7, 11) is 0. The molecule has 1 heterocycles. The topological polar surface area (TPSA) is 39.1 Å². The van der Waals surface area contributed by atoms with E-state index in [0.717, 1.165) is 50.0 Å². The summed E-state index contributed by atoms with van der Waals surface area (Å²) in [4.78, 5) is 4.58. The number of imidazole rings is 1. The van der Waals surface area contributed by atoms with E-state index >= 15 is 0 Å². The van der Waals surface area contributed by atoms with Crippen LogP contribution in [0.1, 0.15) is 38.4 Å². The number of rotatable bonds is 10. The maximum Gasteiger partial charge on any atom is 0.203 e. The molecule has 0 radical (unpaired) electrons. The van der Waals surface area contributed by atoms with Gasteiger partial charge in [-0.25, -0.2) is 4.98 Å². The number of aromatic nitrogens is 2. The summed E-state index contributed by atoms with van der Waals surface area (Å²) >= 11 is 1.89. The molecule has 1 atom stereocenters. The maximum absolute atomic E-state index is 5.34. The molecule has 0 aliphatic carbocycles. The highest BCUT2D eigenvalue weighted by atomic mass is 32.2. The SMILES string of the molecule is CCOCCCNc1nc(C)cn1C(CC)CSC. The Morgan fingerprint density at radius 3 is 2.89 bits per heavy atom. The van der Waals surface area contributed by atoms with Crippen molar-refractivity contribution in [1.82, 2.24) is 9.55 Å². The van der Waals surface area contributed by atoms with Crippen molar-refractivity contribution in [2.45, 2.75) is 39.7 Å². The van der Waals surface area contributed by atoms with Crippen LogP contribution in [0.2, 0.25) is 0 Å². The molecule has 0 aliphatic rings. The number of ether oxygens (including phenoxy) is 1. The summed E-state index contributed by atoms with van der Waals surface area (Å²) in [6, 6.07) is 0.519. The van der Waals surface area contributed by atoms with Gasteiger partial charge >= 0.3 is 0 Å². The number of nitrogens with zero attached hydrogens (tertiary/aromatic N) is 2. The highest BCUT2D eigenvalue weighted by molar-refractivity contribution is 7.98. The average molecular weight is 285 g/mol. The number of aryl methyl sites for hydroxylation is 1. The van der Waals surface area contributed by atoms with Gasteiger partial charge in [0.1, 0.15) is 0 Å². The molecule has 0 saturated carbocycles. The van der Waals surface area contributed by atoms with E-state index in [-0.39, 0.29) is 0 Å². The Morgan fingerprint density at radius 2 is 2.26 bits per heavy atom. The van der Waals surface area contributed by atoms with Gasteiger partial charge in [0.05, 0.1) is 5.69 Å². The molecule has 1 aromatic heterocycles. The van der Waals surface area contributed by atoms with Gasteiger partial charge in [0.25, 0.3) is 0 Å². The number of nitrogens with one attached hydrogen (secondary N) is 1. The lowest BCUT2D eigenvalue weighted by Crippen LogP contribution is -2.15. The molecule has 0 aliphatic heterocycles. The third-order valence-corrected chi connectivity index (χ3v) is 3.75. The van der Waals surface area contributed by atoms with E-state index in [9.17, 15) is 0 Å². The molecule has 0 amide bonds. The van der Waals surface area contributed by atoms with E-state index in [2.05, 4.69) is 34.2 Å². The van der Waals surface area contributed by atoms with Gasteiger partial charge in [0, 0.05) is 37.8 Å². The molecule has 110 valence electrons. The van der Waals surface area contributed by atoms with Crippen LogP contribution in [0.25, 0.3) is 0 Å². The quantitative estimate of drug-likeness (QED) is 0.669. The molecule has 1 aromatic rings. The second kappa shape index (κ2) is 9.26. The van der Waals surface area contributed by atoms with Crippen LogP contribution in [0.4, 0.5) is 5.95 Å². The largest absolute Gasteiger partial charge is 0.382 e. The predicted molar refractivity (Wildman–Crippen MR) is 84.3 cm³/mol. The molecule has 1 N–H and O–H groups in total. The molecule has 19 heavy (non-hydrogen) atoms. The number of thioether (sulfide) groups is 1. The van der Waals surface area contributed by atoms with Crippen molar-refractivity contribution in [1.29, 1.82) is 0 Å². The molecule has 5 heteroatoms. The van der Waals surface area contributed by atoms with Gasteiger partial charge in [-0.1, -0.05) is 6.92 Å². The zero-order chi connectivity index (χ0) is 14.1. The minimum absolute atomic E-state index is 0.519. The number of hydrogen-bond donors (Lipinski definition) is 1. The molecule has 0 saturated heterocycles. The first kappa shape index (κ1) is 16.4. The molecular weight excluding hydrogens is 258 g/mol. The van der Waals surface area contributed by atoms with E-state index in [1.807, 2.05) is 25.6 Å². The highest BCUT2D eigenvalue weighted by Crippen LogP contribution is 2.22. The van der Waals surface area contributed by atoms with Crippen molar-refractivity contribution in [2.24, 2.45) is 0 Å². The van der Waals surface area contributed by atoms with E-state index in [0.29, 0.717) is 6.04 Å². The lowest BCUT2D eigenvalue weighted by Gasteiger charge is -2.18. The summed E-state index contributed by atoms with van der Waals surface area (Å²) in [5.74, 6) is 2.12. The zero-order valence-electron chi connectivity index (χ0n) is 12.6. The summed E-state index contributed by atoms with van der Waals surface area (Å²) in [6.45, 7) is 8.82. The monoisotopic (exact) mass is 285 g/mol. The van der Waals surface area contributed by atoms with E-state index in [1.54, 1.807) is 0 Å². The van der Waals surface area contributed by atoms with Crippen LogP contribution in [0, 0.1) is 6.92 Å². The minimum atomic E-state index is 0.519. The van der Waals surface area contributed by atoms with Crippen molar-refractivity contribution in [2.75, 3.05) is 37.1 Å². The van der Waals surface area contributed by atoms with Crippen LogP contribution in [0.5, 0.6) is 0 Å². The molecule has 4 nitrogen and oxygen atoms in total. The predicted octanol–water partition coefficient (Wildman–Crippen LogP) is 3.34. The average Bonchev–Trinajstić information content (AvgIpc) is 2.77. The normalized spacial score (nSPS) is 12.6. The van der Waals surface area contributed by atoms with Gasteiger partial charge in [-0.05, 0) is 32.9 Å². The van der Waals surface area contributed by atoms with Gasteiger partial charge in [-0.2, -0.15) is 11.8 Å². The summed E-state index contributed by atoms with van der Waals surface area (Å²) in [5, 5.41) is 3.43. The summed E-state index contributed by atoms with van der Waals surface area (Å²) < 4.78 is 7.63. The van der Waals surface area contributed by atoms with E-state index < -0.39 is 0 Å². The van der Waals surface area contributed by atoms with Gasteiger partial charge in [-0.3, -0.25) is 0 Å². The number of anilines is 1. The summed E-state index contributed by atoms with van der Waals surface area (Å²) in [5.41, 5.74) is 1.08. The fourth-order valence-electron chi connectivity index (χ4n) is 2.03. The Morgan fingerprint density at radius 1 is 1.47 bits per heavy atom. The van der Waals surface area contributed by atoms with Gasteiger partial charge < -0.3 is 14.6 Å². The van der Waals surface area contributed by atoms with Crippen molar-refractivity contribution >= 4 is 17.7 Å². The molecule has 0 bridgehead atoms. The summed E-state index contributed by atoms with van der Waals surface area (Å²) in [6.07, 6.45) is 6.44. The Bertz CT molecular complexity index is 354. The Kier molecular flexibility index (Phi) is 7.98. The number of hydrogen-bond acceptors (Lipinski definition) is 4. The first-order chi connectivity index (χ1) is 9.22. The fraction of sp³-hybridized carbons (Fsp3) is 0.786. The van der Waals surface area contributed by atoms with E-state index in [1.165, 1.54) is 0 Å². The van der Waals surface area contributed by atoms with Crippen LogP contribution in [0.3, 0.4) is 0 Å². The van der Waals surface area contributed by atoms with Crippen LogP contribution < -0.4 is 5.32 Å². The van der Waals surface area contributed by atoms with Gasteiger partial charge in [0.15, 0.2) is 0 Å². The van der Waals surface area contributed by atoms with Crippen molar-refractivity contribution < 1.29 is 4.74 Å². The molecule has 1 rings (SSSR count). The van der Waals surface area contributed by atoms with Crippen LogP contribution >= 0.6 is 11.8 Å². The molecule has 0 fully saturated rings. The first-order valence-corrected chi connectivity index (χ1v) is 8.48. The molecule has 0 spiro atoms.